The molecule has 2 atom stereocenters. The Morgan fingerprint density at radius 2 is 1.59 bits per heavy atom. The smallest absolute Gasteiger partial charge is 0.225 e. The first kappa shape index (κ1) is 15.8. The van der Waals surface area contributed by atoms with Crippen molar-refractivity contribution >= 4 is 11.8 Å². The molecule has 5 heteroatoms. The van der Waals surface area contributed by atoms with E-state index in [1.165, 1.54) is 19.3 Å². The van der Waals surface area contributed by atoms with Crippen LogP contribution in [-0.2, 0) is 9.59 Å². The molecule has 0 aromatic carbocycles. The molecule has 5 nitrogen and oxygen atoms in total. The van der Waals surface area contributed by atoms with Crippen LogP contribution in [0.4, 0.5) is 0 Å². The van der Waals surface area contributed by atoms with E-state index in [1.807, 2.05) is 4.90 Å². The average Bonchev–Trinajstić information content (AvgIpc) is 2.46. The molecular formula is C17H29N3O2. The zero-order valence-corrected chi connectivity index (χ0v) is 13.4. The first-order valence-corrected chi connectivity index (χ1v) is 8.87. The number of hydrogen-bond acceptors (Lipinski definition) is 3. The van der Waals surface area contributed by atoms with Gasteiger partial charge in [0, 0.05) is 31.5 Å². The Bertz CT molecular complexity index is 418. The Morgan fingerprint density at radius 1 is 1.00 bits per heavy atom. The van der Waals surface area contributed by atoms with Crippen molar-refractivity contribution in [2.24, 2.45) is 35.1 Å². The molecule has 1 saturated heterocycles. The molecule has 0 radical (unpaired) electrons. The number of nitrogens with zero attached hydrogens (tertiary/aromatic N) is 1. The highest BCUT2D eigenvalue weighted by Crippen LogP contribution is 2.42. The number of rotatable bonds is 3. The number of hydrogen-bond donors (Lipinski definition) is 2. The van der Waals surface area contributed by atoms with Crippen LogP contribution < -0.4 is 11.5 Å². The van der Waals surface area contributed by atoms with Crippen molar-refractivity contribution in [3.05, 3.63) is 0 Å². The fraction of sp³-hybridized carbons (Fsp3) is 0.882. The maximum atomic E-state index is 12.8. The Kier molecular flexibility index (Phi) is 4.71. The van der Waals surface area contributed by atoms with Gasteiger partial charge in [-0.05, 0) is 56.3 Å². The zero-order chi connectivity index (χ0) is 15.7. The number of nitrogens with two attached hydrogens (primary N) is 2. The van der Waals surface area contributed by atoms with Gasteiger partial charge >= 0.3 is 0 Å². The predicted molar refractivity (Wildman–Crippen MR) is 84.6 cm³/mol. The fourth-order valence-electron chi connectivity index (χ4n) is 4.89. The number of amides is 2. The SMILES string of the molecule is NC(=O)CC1CCN(C(=O)C2CC3CCCC(C2)C3N)CC1. The minimum atomic E-state index is -0.223. The van der Waals surface area contributed by atoms with Crippen molar-refractivity contribution in [2.45, 2.75) is 57.4 Å². The molecule has 124 valence electrons. The van der Waals surface area contributed by atoms with Crippen molar-refractivity contribution in [1.29, 1.82) is 0 Å². The molecule has 3 fully saturated rings. The lowest BCUT2D eigenvalue weighted by molar-refractivity contribution is -0.140. The Hall–Kier alpha value is -1.10. The van der Waals surface area contributed by atoms with E-state index >= 15 is 0 Å². The first-order chi connectivity index (χ1) is 10.5. The van der Waals surface area contributed by atoms with Crippen LogP contribution in [0.25, 0.3) is 0 Å². The van der Waals surface area contributed by atoms with Gasteiger partial charge in [-0.1, -0.05) is 6.42 Å². The number of primary amides is 1. The van der Waals surface area contributed by atoms with E-state index in [0.717, 1.165) is 38.8 Å². The molecule has 2 amide bonds. The predicted octanol–water partition coefficient (Wildman–Crippen LogP) is 1.25. The lowest BCUT2D eigenvalue weighted by Crippen LogP contribution is -2.50. The Balaban J connectivity index is 1.53. The van der Waals surface area contributed by atoms with Gasteiger partial charge < -0.3 is 16.4 Å². The van der Waals surface area contributed by atoms with Crippen LogP contribution in [0.3, 0.4) is 0 Å². The lowest BCUT2D eigenvalue weighted by atomic mass is 9.65. The molecule has 22 heavy (non-hydrogen) atoms. The lowest BCUT2D eigenvalue weighted by Gasteiger charge is -2.45. The highest BCUT2D eigenvalue weighted by Gasteiger charge is 2.41. The molecule has 3 aliphatic rings. The number of piperidine rings is 1. The molecule has 0 aromatic rings. The van der Waals surface area contributed by atoms with Crippen molar-refractivity contribution in [1.82, 2.24) is 4.90 Å². The molecule has 2 aliphatic carbocycles. The molecule has 1 aliphatic heterocycles. The number of fused-ring (bicyclic) bond motifs is 2. The summed E-state index contributed by atoms with van der Waals surface area (Å²) in [6.45, 7) is 1.57. The van der Waals surface area contributed by atoms with Crippen LogP contribution in [-0.4, -0.2) is 35.8 Å². The standard InChI is InChI=1S/C17H29N3O2/c18-15(21)8-11-4-6-20(7-5-11)17(22)14-9-12-2-1-3-13(10-14)16(12)19/h11-14,16H,1-10,19H2,(H2,18,21). The van der Waals surface area contributed by atoms with Crippen LogP contribution >= 0.6 is 0 Å². The van der Waals surface area contributed by atoms with Crippen LogP contribution in [0.1, 0.15) is 51.4 Å². The van der Waals surface area contributed by atoms with Gasteiger partial charge in [0.15, 0.2) is 0 Å². The van der Waals surface area contributed by atoms with E-state index < -0.39 is 0 Å². The van der Waals surface area contributed by atoms with E-state index in [0.29, 0.717) is 36.1 Å². The van der Waals surface area contributed by atoms with Gasteiger partial charge in [0.1, 0.15) is 0 Å². The summed E-state index contributed by atoms with van der Waals surface area (Å²) in [5.74, 6) is 1.76. The van der Waals surface area contributed by atoms with Gasteiger partial charge in [0.2, 0.25) is 11.8 Å². The summed E-state index contributed by atoms with van der Waals surface area (Å²) < 4.78 is 0. The summed E-state index contributed by atoms with van der Waals surface area (Å²) >= 11 is 0. The van der Waals surface area contributed by atoms with Gasteiger partial charge in [0.25, 0.3) is 0 Å². The summed E-state index contributed by atoms with van der Waals surface area (Å²) in [6.07, 6.45) is 7.92. The van der Waals surface area contributed by atoms with Crippen molar-refractivity contribution in [3.63, 3.8) is 0 Å². The molecule has 0 aromatic heterocycles. The fourth-order valence-corrected chi connectivity index (χ4v) is 4.89. The number of carbonyl (C=O) groups is 2. The number of carbonyl (C=O) groups excluding carboxylic acids is 2. The summed E-state index contributed by atoms with van der Waals surface area (Å²) in [5, 5.41) is 0. The van der Waals surface area contributed by atoms with Gasteiger partial charge in [-0.2, -0.15) is 0 Å². The minimum Gasteiger partial charge on any atom is -0.370 e. The van der Waals surface area contributed by atoms with E-state index in [1.54, 1.807) is 0 Å². The summed E-state index contributed by atoms with van der Waals surface area (Å²) in [7, 11) is 0. The minimum absolute atomic E-state index is 0.183. The van der Waals surface area contributed by atoms with E-state index in [4.69, 9.17) is 11.5 Å². The second kappa shape index (κ2) is 6.57. The molecule has 2 saturated carbocycles. The zero-order valence-electron chi connectivity index (χ0n) is 13.4. The Labute approximate surface area is 132 Å². The van der Waals surface area contributed by atoms with Gasteiger partial charge in [-0.3, -0.25) is 9.59 Å². The topological polar surface area (TPSA) is 89.4 Å². The first-order valence-electron chi connectivity index (χ1n) is 8.87. The summed E-state index contributed by atoms with van der Waals surface area (Å²) in [4.78, 5) is 25.8. The van der Waals surface area contributed by atoms with Gasteiger partial charge in [-0.25, -0.2) is 0 Å². The monoisotopic (exact) mass is 307 g/mol. The maximum absolute atomic E-state index is 12.8. The van der Waals surface area contributed by atoms with Gasteiger partial charge in [0.05, 0.1) is 0 Å². The molecule has 1 heterocycles. The Morgan fingerprint density at radius 3 is 2.14 bits per heavy atom. The van der Waals surface area contributed by atoms with Crippen LogP contribution in [0.5, 0.6) is 0 Å². The average molecular weight is 307 g/mol. The molecule has 2 unspecified atom stereocenters. The van der Waals surface area contributed by atoms with Crippen molar-refractivity contribution < 1.29 is 9.59 Å². The molecular weight excluding hydrogens is 278 g/mol. The largest absolute Gasteiger partial charge is 0.370 e. The number of likely N-dealkylation sites (tertiary alicyclic amines) is 1. The van der Waals surface area contributed by atoms with E-state index in [-0.39, 0.29) is 11.8 Å². The summed E-state index contributed by atoms with van der Waals surface area (Å²) in [6, 6.07) is 0.319. The normalized spacial score (nSPS) is 36.1. The third-order valence-electron chi connectivity index (χ3n) is 6.18. The summed E-state index contributed by atoms with van der Waals surface area (Å²) in [5.41, 5.74) is 11.6. The van der Waals surface area contributed by atoms with Crippen molar-refractivity contribution in [2.75, 3.05) is 13.1 Å². The van der Waals surface area contributed by atoms with Gasteiger partial charge in [-0.15, -0.1) is 0 Å². The quantitative estimate of drug-likeness (QED) is 0.822. The van der Waals surface area contributed by atoms with E-state index in [9.17, 15) is 9.59 Å². The second-order valence-electron chi connectivity index (χ2n) is 7.64. The molecule has 2 bridgehead atoms. The molecule has 4 N–H and O–H groups in total. The van der Waals surface area contributed by atoms with Crippen LogP contribution in [0.2, 0.25) is 0 Å². The third-order valence-corrected chi connectivity index (χ3v) is 6.18. The second-order valence-corrected chi connectivity index (χ2v) is 7.64. The highest BCUT2D eigenvalue weighted by molar-refractivity contribution is 5.79. The van der Waals surface area contributed by atoms with Crippen LogP contribution in [0.15, 0.2) is 0 Å². The van der Waals surface area contributed by atoms with Crippen molar-refractivity contribution in [3.8, 4) is 0 Å². The highest BCUT2D eigenvalue weighted by atomic mass is 16.2. The maximum Gasteiger partial charge on any atom is 0.225 e. The third kappa shape index (κ3) is 3.29. The molecule has 0 spiro atoms. The molecule has 3 rings (SSSR count). The van der Waals surface area contributed by atoms with Crippen LogP contribution in [0, 0.1) is 23.7 Å². The van der Waals surface area contributed by atoms with E-state index in [2.05, 4.69) is 0 Å².